The maximum absolute atomic E-state index is 11.3. The Bertz CT molecular complexity index is 276. The van der Waals surface area contributed by atoms with Crippen molar-refractivity contribution in [2.75, 3.05) is 7.11 Å². The van der Waals surface area contributed by atoms with Crippen LogP contribution in [0.15, 0.2) is 5.16 Å². The molecule has 1 saturated carbocycles. The van der Waals surface area contributed by atoms with Crippen molar-refractivity contribution < 1.29 is 14.7 Å². The molecule has 0 amide bonds. The quantitative estimate of drug-likeness (QED) is 0.336. The lowest BCUT2D eigenvalue weighted by Crippen LogP contribution is -2.18. The van der Waals surface area contributed by atoms with Crippen LogP contribution in [0.3, 0.4) is 0 Å². The Balaban J connectivity index is 2.53. The van der Waals surface area contributed by atoms with E-state index in [0.717, 1.165) is 31.4 Å². The lowest BCUT2D eigenvalue weighted by atomic mass is 9.87. The summed E-state index contributed by atoms with van der Waals surface area (Å²) in [4.78, 5) is 11.3. The minimum atomic E-state index is -0.158. The summed E-state index contributed by atoms with van der Waals surface area (Å²) in [5, 5.41) is 12.4. The third-order valence-corrected chi connectivity index (χ3v) is 3.67. The number of ether oxygens (including phenoxy) is 1. The van der Waals surface area contributed by atoms with Crippen LogP contribution in [0.5, 0.6) is 0 Å². The van der Waals surface area contributed by atoms with Crippen molar-refractivity contribution in [1.29, 1.82) is 0 Å². The minimum absolute atomic E-state index is 0.158. The molecule has 1 aliphatic rings. The summed E-state index contributed by atoms with van der Waals surface area (Å²) in [7, 11) is 1.42. The fourth-order valence-electron chi connectivity index (χ4n) is 2.67. The molecule has 0 aromatic heterocycles. The van der Waals surface area contributed by atoms with Crippen molar-refractivity contribution in [1.82, 2.24) is 0 Å². The van der Waals surface area contributed by atoms with E-state index in [1.165, 1.54) is 20.0 Å². The lowest BCUT2D eigenvalue weighted by molar-refractivity contribution is -0.141. The van der Waals surface area contributed by atoms with Gasteiger partial charge in [-0.25, -0.2) is 0 Å². The number of esters is 1. The number of hydrogen-bond donors (Lipinski definition) is 1. The Labute approximate surface area is 103 Å². The van der Waals surface area contributed by atoms with Gasteiger partial charge in [0.1, 0.15) is 0 Å². The minimum Gasteiger partial charge on any atom is -0.469 e. The van der Waals surface area contributed by atoms with Gasteiger partial charge in [-0.2, -0.15) is 0 Å². The fraction of sp³-hybridized carbons (Fsp3) is 0.846. The molecule has 1 aliphatic carbocycles. The fourth-order valence-corrected chi connectivity index (χ4v) is 2.67. The molecule has 98 valence electrons. The summed E-state index contributed by atoms with van der Waals surface area (Å²) in [5.74, 6) is 0.408. The van der Waals surface area contributed by atoms with Crippen LogP contribution < -0.4 is 0 Å². The second kappa shape index (κ2) is 7.30. The van der Waals surface area contributed by atoms with Crippen LogP contribution in [0.2, 0.25) is 0 Å². The van der Waals surface area contributed by atoms with Gasteiger partial charge in [0, 0.05) is 12.3 Å². The van der Waals surface area contributed by atoms with E-state index in [-0.39, 0.29) is 11.9 Å². The monoisotopic (exact) mass is 241 g/mol. The van der Waals surface area contributed by atoms with Crippen LogP contribution in [-0.4, -0.2) is 24.0 Å². The summed E-state index contributed by atoms with van der Waals surface area (Å²) in [6, 6.07) is 0. The maximum atomic E-state index is 11.3. The first kappa shape index (κ1) is 14.0. The van der Waals surface area contributed by atoms with Gasteiger partial charge in [-0.05, 0) is 25.2 Å². The highest BCUT2D eigenvalue weighted by Crippen LogP contribution is 2.35. The van der Waals surface area contributed by atoms with E-state index in [9.17, 15) is 4.79 Å². The normalized spacial score (nSPS) is 26.4. The molecule has 0 saturated heterocycles. The Hall–Kier alpha value is -1.06. The average Bonchev–Trinajstić information content (AvgIpc) is 2.72. The van der Waals surface area contributed by atoms with Gasteiger partial charge in [-0.1, -0.05) is 31.3 Å². The molecule has 0 radical (unpaired) electrons. The van der Waals surface area contributed by atoms with Crippen LogP contribution in [0.25, 0.3) is 0 Å². The first-order chi connectivity index (χ1) is 8.22. The molecule has 0 unspecified atom stereocenters. The van der Waals surface area contributed by atoms with Gasteiger partial charge in [-0.3, -0.25) is 4.79 Å². The molecule has 1 rings (SSSR count). The van der Waals surface area contributed by atoms with E-state index < -0.39 is 0 Å². The van der Waals surface area contributed by atoms with Crippen molar-refractivity contribution in [3.8, 4) is 0 Å². The van der Waals surface area contributed by atoms with E-state index in [4.69, 9.17) is 9.94 Å². The first-order valence-electron chi connectivity index (χ1n) is 6.50. The van der Waals surface area contributed by atoms with Crippen LogP contribution in [0.1, 0.15) is 51.9 Å². The van der Waals surface area contributed by atoms with Gasteiger partial charge in [-0.15, -0.1) is 0 Å². The van der Waals surface area contributed by atoms with Gasteiger partial charge < -0.3 is 9.94 Å². The number of rotatable bonds is 6. The number of carbonyl (C=O) groups excluding carboxylic acids is 1. The van der Waals surface area contributed by atoms with Crippen LogP contribution in [-0.2, 0) is 9.53 Å². The highest BCUT2D eigenvalue weighted by Gasteiger charge is 2.34. The van der Waals surface area contributed by atoms with E-state index in [1.807, 2.05) is 0 Å². The number of hydrogen-bond acceptors (Lipinski definition) is 4. The maximum Gasteiger partial charge on any atom is 0.305 e. The van der Waals surface area contributed by atoms with E-state index in [2.05, 4.69) is 12.1 Å². The third kappa shape index (κ3) is 4.02. The first-order valence-corrected chi connectivity index (χ1v) is 6.50. The number of unbranched alkanes of at least 4 members (excludes halogenated alkanes) is 2. The summed E-state index contributed by atoms with van der Waals surface area (Å²) in [5.41, 5.74) is 0.870. The van der Waals surface area contributed by atoms with Gasteiger partial charge in [0.2, 0.25) is 0 Å². The molecule has 2 atom stereocenters. The van der Waals surface area contributed by atoms with Crippen molar-refractivity contribution in [2.45, 2.75) is 51.9 Å². The molecule has 17 heavy (non-hydrogen) atoms. The molecule has 0 aliphatic heterocycles. The van der Waals surface area contributed by atoms with Gasteiger partial charge in [0.15, 0.2) is 0 Å². The molecule has 4 heteroatoms. The highest BCUT2D eigenvalue weighted by atomic mass is 16.5. The highest BCUT2D eigenvalue weighted by molar-refractivity contribution is 5.89. The molecule has 0 spiro atoms. The summed E-state index contributed by atoms with van der Waals surface area (Å²) < 4.78 is 4.71. The van der Waals surface area contributed by atoms with Crippen molar-refractivity contribution in [2.24, 2.45) is 17.0 Å². The lowest BCUT2D eigenvalue weighted by Gasteiger charge is -2.18. The molecule has 0 heterocycles. The third-order valence-electron chi connectivity index (χ3n) is 3.67. The topological polar surface area (TPSA) is 58.9 Å². The molecular formula is C13H23NO3. The number of methoxy groups -OCH3 is 1. The van der Waals surface area contributed by atoms with Crippen molar-refractivity contribution in [3.05, 3.63) is 0 Å². The summed E-state index contributed by atoms with van der Waals surface area (Å²) >= 11 is 0. The average molecular weight is 241 g/mol. The Kier molecular flexibility index (Phi) is 6.01. The molecule has 0 aromatic rings. The van der Waals surface area contributed by atoms with Crippen LogP contribution in [0, 0.1) is 11.8 Å². The zero-order valence-electron chi connectivity index (χ0n) is 10.8. The number of oxime groups is 1. The molecule has 0 bridgehead atoms. The molecule has 4 nitrogen and oxygen atoms in total. The second-order valence-corrected chi connectivity index (χ2v) is 4.77. The SMILES string of the molecule is CCCCC[C@H]1C(=NO)CC[C@H]1CC(=O)OC. The zero-order chi connectivity index (χ0) is 12.7. The Morgan fingerprint density at radius 2 is 2.29 bits per heavy atom. The number of carbonyl (C=O) groups is 1. The smallest absolute Gasteiger partial charge is 0.305 e. The predicted molar refractivity (Wildman–Crippen MR) is 66.2 cm³/mol. The standard InChI is InChI=1S/C13H23NO3/c1-3-4-5-6-11-10(9-13(15)17-2)7-8-12(11)14-16/h10-11,16H,3-9H2,1-2H3/t10-,11+/m0/s1. The summed E-state index contributed by atoms with van der Waals surface area (Å²) in [6.45, 7) is 2.17. The molecular weight excluding hydrogens is 218 g/mol. The zero-order valence-corrected chi connectivity index (χ0v) is 10.8. The molecule has 1 N–H and O–H groups in total. The van der Waals surface area contributed by atoms with E-state index in [0.29, 0.717) is 12.3 Å². The van der Waals surface area contributed by atoms with Crippen molar-refractivity contribution >= 4 is 11.7 Å². The van der Waals surface area contributed by atoms with E-state index >= 15 is 0 Å². The van der Waals surface area contributed by atoms with E-state index in [1.54, 1.807) is 0 Å². The van der Waals surface area contributed by atoms with Crippen LogP contribution >= 0.6 is 0 Å². The largest absolute Gasteiger partial charge is 0.469 e. The Morgan fingerprint density at radius 3 is 2.88 bits per heavy atom. The van der Waals surface area contributed by atoms with Crippen molar-refractivity contribution in [3.63, 3.8) is 0 Å². The molecule has 1 fully saturated rings. The van der Waals surface area contributed by atoms with Gasteiger partial charge >= 0.3 is 5.97 Å². The number of nitrogens with zero attached hydrogens (tertiary/aromatic N) is 1. The molecule has 0 aromatic carbocycles. The predicted octanol–water partition coefficient (Wildman–Crippen LogP) is 2.99. The van der Waals surface area contributed by atoms with Crippen LogP contribution in [0.4, 0.5) is 0 Å². The van der Waals surface area contributed by atoms with Gasteiger partial charge in [0.05, 0.1) is 12.8 Å². The summed E-state index contributed by atoms with van der Waals surface area (Å²) in [6.07, 6.45) is 6.74. The van der Waals surface area contributed by atoms with Gasteiger partial charge in [0.25, 0.3) is 0 Å². The second-order valence-electron chi connectivity index (χ2n) is 4.77. The Morgan fingerprint density at radius 1 is 1.53 bits per heavy atom.